The van der Waals surface area contributed by atoms with Crippen LogP contribution in [0.5, 0.6) is 0 Å². The van der Waals surface area contributed by atoms with Gasteiger partial charge in [0.1, 0.15) is 6.42 Å². The summed E-state index contributed by atoms with van der Waals surface area (Å²) in [5, 5.41) is 6.59. The lowest BCUT2D eigenvalue weighted by atomic mass is 10.2. The molecule has 0 fully saturated rings. The number of hydrazone groups is 1. The molecule has 0 saturated heterocycles. The van der Waals surface area contributed by atoms with Crippen LogP contribution in [0.25, 0.3) is 0 Å². The van der Waals surface area contributed by atoms with Crippen LogP contribution >= 0.6 is 0 Å². The van der Waals surface area contributed by atoms with E-state index < -0.39 is 5.91 Å². The first-order valence-electron chi connectivity index (χ1n) is 7.90. The van der Waals surface area contributed by atoms with Crippen molar-refractivity contribution >= 4 is 29.4 Å². The largest absolute Gasteiger partial charge is 0.378 e. The lowest BCUT2D eigenvalue weighted by molar-refractivity contribution is -0.126. The number of hydrogen-bond acceptors (Lipinski definition) is 4. The molecule has 0 aromatic heterocycles. The summed E-state index contributed by atoms with van der Waals surface area (Å²) in [4.78, 5) is 25.6. The Kier molecular flexibility index (Phi) is 6.28. The maximum atomic E-state index is 11.9. The molecule has 0 aliphatic carbocycles. The molecule has 0 saturated carbocycles. The number of hydrogen-bond donors (Lipinski definition) is 2. The smallest absolute Gasteiger partial charge is 0.249 e. The van der Waals surface area contributed by atoms with Crippen LogP contribution in [0, 0.1) is 6.92 Å². The van der Waals surface area contributed by atoms with Gasteiger partial charge >= 0.3 is 0 Å². The van der Waals surface area contributed by atoms with Crippen LogP contribution in [0.3, 0.4) is 0 Å². The zero-order chi connectivity index (χ0) is 18.2. The van der Waals surface area contributed by atoms with Gasteiger partial charge < -0.3 is 10.2 Å². The van der Waals surface area contributed by atoms with Gasteiger partial charge in [0.2, 0.25) is 11.8 Å². The van der Waals surface area contributed by atoms with Crippen molar-refractivity contribution in [2.45, 2.75) is 13.3 Å². The molecule has 0 radical (unpaired) electrons. The number of nitrogens with zero attached hydrogens (tertiary/aromatic N) is 2. The van der Waals surface area contributed by atoms with Crippen molar-refractivity contribution in [1.29, 1.82) is 0 Å². The molecule has 6 nitrogen and oxygen atoms in total. The number of benzene rings is 2. The summed E-state index contributed by atoms with van der Waals surface area (Å²) in [7, 11) is 3.93. The van der Waals surface area contributed by atoms with Crippen molar-refractivity contribution < 1.29 is 9.59 Å². The zero-order valence-corrected chi connectivity index (χ0v) is 14.6. The van der Waals surface area contributed by atoms with E-state index in [9.17, 15) is 9.59 Å². The predicted octanol–water partition coefficient (Wildman–Crippen LogP) is 2.54. The molecule has 2 aromatic carbocycles. The van der Waals surface area contributed by atoms with E-state index in [1.165, 1.54) is 6.21 Å². The molecule has 0 atom stereocenters. The number of anilines is 2. The summed E-state index contributed by atoms with van der Waals surface area (Å²) < 4.78 is 0. The normalized spacial score (nSPS) is 10.5. The molecular weight excluding hydrogens is 316 g/mol. The Morgan fingerprint density at radius 2 is 1.72 bits per heavy atom. The third kappa shape index (κ3) is 5.76. The number of aryl methyl sites for hydroxylation is 1. The van der Waals surface area contributed by atoms with Crippen LogP contribution in [0.1, 0.15) is 17.5 Å². The fourth-order valence-electron chi connectivity index (χ4n) is 2.13. The second-order valence-electron chi connectivity index (χ2n) is 5.82. The monoisotopic (exact) mass is 338 g/mol. The molecule has 0 aliphatic rings. The topological polar surface area (TPSA) is 73.8 Å². The van der Waals surface area contributed by atoms with Gasteiger partial charge in [-0.2, -0.15) is 5.10 Å². The van der Waals surface area contributed by atoms with Gasteiger partial charge in [-0.1, -0.05) is 30.3 Å². The van der Waals surface area contributed by atoms with Gasteiger partial charge in [-0.05, 0) is 36.2 Å². The fraction of sp³-hybridized carbons (Fsp3) is 0.211. The van der Waals surface area contributed by atoms with Crippen molar-refractivity contribution in [3.05, 3.63) is 59.7 Å². The maximum absolute atomic E-state index is 11.9. The first-order chi connectivity index (χ1) is 12.0. The summed E-state index contributed by atoms with van der Waals surface area (Å²) in [6, 6.07) is 15.1. The standard InChI is InChI=1S/C19H22N4O2/c1-14-6-4-5-7-17(14)21-18(24)12-19(25)22-20-13-15-8-10-16(11-9-15)23(2)3/h4-11,13H,12H2,1-3H3,(H,21,24)(H,22,25). The Hall–Kier alpha value is -3.15. The van der Waals surface area contributed by atoms with E-state index in [-0.39, 0.29) is 12.3 Å². The molecule has 0 unspecified atom stereocenters. The zero-order valence-electron chi connectivity index (χ0n) is 14.6. The van der Waals surface area contributed by atoms with Crippen LogP contribution in [0.15, 0.2) is 53.6 Å². The SMILES string of the molecule is Cc1ccccc1NC(=O)CC(=O)NN=Cc1ccc(N(C)C)cc1. The molecule has 6 heteroatoms. The average molecular weight is 338 g/mol. The second kappa shape index (κ2) is 8.63. The van der Waals surface area contributed by atoms with Crippen molar-refractivity contribution in [2.75, 3.05) is 24.3 Å². The van der Waals surface area contributed by atoms with Gasteiger partial charge in [-0.3, -0.25) is 9.59 Å². The molecule has 0 bridgehead atoms. The third-order valence-electron chi connectivity index (χ3n) is 3.55. The van der Waals surface area contributed by atoms with E-state index in [0.29, 0.717) is 5.69 Å². The summed E-state index contributed by atoms with van der Waals surface area (Å²) in [5.41, 5.74) is 5.93. The highest BCUT2D eigenvalue weighted by molar-refractivity contribution is 6.04. The highest BCUT2D eigenvalue weighted by Crippen LogP contribution is 2.13. The number of rotatable bonds is 6. The highest BCUT2D eigenvalue weighted by atomic mass is 16.2. The van der Waals surface area contributed by atoms with Crippen molar-refractivity contribution in [3.63, 3.8) is 0 Å². The van der Waals surface area contributed by atoms with Gasteiger partial charge in [0.25, 0.3) is 0 Å². The summed E-state index contributed by atoms with van der Waals surface area (Å²) >= 11 is 0. The molecule has 0 heterocycles. The van der Waals surface area contributed by atoms with Gasteiger partial charge in [0, 0.05) is 25.5 Å². The van der Waals surface area contributed by atoms with Crippen LogP contribution < -0.4 is 15.6 Å². The lowest BCUT2D eigenvalue weighted by Crippen LogP contribution is -2.24. The Bertz CT molecular complexity index is 767. The average Bonchev–Trinajstić information content (AvgIpc) is 2.57. The second-order valence-corrected chi connectivity index (χ2v) is 5.82. The van der Waals surface area contributed by atoms with Crippen LogP contribution in [0.4, 0.5) is 11.4 Å². The number of amides is 2. The van der Waals surface area contributed by atoms with E-state index in [0.717, 1.165) is 16.8 Å². The van der Waals surface area contributed by atoms with Gasteiger partial charge in [0.15, 0.2) is 0 Å². The molecule has 2 rings (SSSR count). The Labute approximate surface area is 147 Å². The summed E-state index contributed by atoms with van der Waals surface area (Å²) in [5.74, 6) is -0.843. The summed E-state index contributed by atoms with van der Waals surface area (Å²) in [6.07, 6.45) is 1.25. The molecule has 2 N–H and O–H groups in total. The van der Waals surface area contributed by atoms with E-state index in [1.54, 1.807) is 6.07 Å². The van der Waals surface area contributed by atoms with Crippen molar-refractivity contribution in [2.24, 2.45) is 5.10 Å². The molecule has 2 aromatic rings. The van der Waals surface area contributed by atoms with Gasteiger partial charge in [-0.15, -0.1) is 0 Å². The van der Waals surface area contributed by atoms with Crippen molar-refractivity contribution in [3.8, 4) is 0 Å². The maximum Gasteiger partial charge on any atom is 0.249 e. The van der Waals surface area contributed by atoms with Crippen molar-refractivity contribution in [1.82, 2.24) is 5.43 Å². The number of nitrogens with one attached hydrogen (secondary N) is 2. The minimum Gasteiger partial charge on any atom is -0.378 e. The van der Waals surface area contributed by atoms with Crippen LogP contribution in [0.2, 0.25) is 0 Å². The summed E-state index contributed by atoms with van der Waals surface area (Å²) in [6.45, 7) is 1.89. The van der Waals surface area contributed by atoms with Gasteiger partial charge in [-0.25, -0.2) is 5.43 Å². The minimum absolute atomic E-state index is 0.286. The molecule has 0 spiro atoms. The first kappa shape index (κ1) is 18.2. The number of carbonyl (C=O) groups is 2. The minimum atomic E-state index is -0.466. The Balaban J connectivity index is 1.81. The van der Waals surface area contributed by atoms with Gasteiger partial charge in [0.05, 0.1) is 6.21 Å². The third-order valence-corrected chi connectivity index (χ3v) is 3.55. The molecular formula is C19H22N4O2. The predicted molar refractivity (Wildman–Crippen MR) is 101 cm³/mol. The van der Waals surface area contributed by atoms with E-state index in [4.69, 9.17) is 0 Å². The first-order valence-corrected chi connectivity index (χ1v) is 7.90. The van der Waals surface area contributed by atoms with E-state index in [2.05, 4.69) is 15.8 Å². The van der Waals surface area contributed by atoms with E-state index >= 15 is 0 Å². The van der Waals surface area contributed by atoms with Crippen LogP contribution in [-0.4, -0.2) is 32.1 Å². The lowest BCUT2D eigenvalue weighted by Gasteiger charge is -2.11. The number of carbonyl (C=O) groups excluding carboxylic acids is 2. The quantitative estimate of drug-likeness (QED) is 0.483. The highest BCUT2D eigenvalue weighted by Gasteiger charge is 2.09. The molecule has 2 amide bonds. The Morgan fingerprint density at radius 3 is 2.36 bits per heavy atom. The Morgan fingerprint density at radius 1 is 1.04 bits per heavy atom. The fourth-order valence-corrected chi connectivity index (χ4v) is 2.13. The van der Waals surface area contributed by atoms with Crippen LogP contribution in [-0.2, 0) is 9.59 Å². The molecule has 25 heavy (non-hydrogen) atoms. The molecule has 0 aliphatic heterocycles. The number of para-hydroxylation sites is 1. The van der Waals surface area contributed by atoms with E-state index in [1.807, 2.05) is 68.4 Å². The molecule has 130 valence electrons.